The van der Waals surface area contributed by atoms with Gasteiger partial charge in [-0.25, -0.2) is 0 Å². The molecule has 1 amide bonds. The number of hydrogen-bond acceptors (Lipinski definition) is 4. The van der Waals surface area contributed by atoms with Crippen LogP contribution >= 0.6 is 0 Å². The Balaban J connectivity index is 1.69. The number of benzene rings is 2. The van der Waals surface area contributed by atoms with Crippen molar-refractivity contribution in [2.75, 3.05) is 30.9 Å². The van der Waals surface area contributed by atoms with Gasteiger partial charge in [-0.2, -0.15) is 0 Å². The van der Waals surface area contributed by atoms with E-state index in [2.05, 4.69) is 22.3 Å². The lowest BCUT2D eigenvalue weighted by molar-refractivity contribution is -0.138. The molecule has 1 N–H and O–H groups in total. The highest BCUT2D eigenvalue weighted by Crippen LogP contribution is 2.24. The Morgan fingerprint density at radius 3 is 2.65 bits per heavy atom. The van der Waals surface area contributed by atoms with Crippen LogP contribution in [0.25, 0.3) is 10.8 Å². The number of cyclic esters (lactones) is 1. The number of fused-ring (bicyclic) bond motifs is 1. The summed E-state index contributed by atoms with van der Waals surface area (Å²) in [4.78, 5) is 25.2. The SMILES string of the molecule is CN(C)c1ccc2cc(NC(=O)C[C@@H]3COC(=O)C3)ccc2c1. The van der Waals surface area contributed by atoms with Gasteiger partial charge in [-0.1, -0.05) is 12.1 Å². The molecule has 0 saturated carbocycles. The molecular weight excluding hydrogens is 292 g/mol. The van der Waals surface area contributed by atoms with Crippen LogP contribution in [0.2, 0.25) is 0 Å². The van der Waals surface area contributed by atoms with Crippen molar-refractivity contribution >= 4 is 34.0 Å². The van der Waals surface area contributed by atoms with Crippen LogP contribution in [-0.4, -0.2) is 32.6 Å². The van der Waals surface area contributed by atoms with Gasteiger partial charge < -0.3 is 15.0 Å². The summed E-state index contributed by atoms with van der Waals surface area (Å²) >= 11 is 0. The molecule has 5 heteroatoms. The molecule has 2 aromatic rings. The first kappa shape index (κ1) is 15.3. The second kappa shape index (κ2) is 6.28. The summed E-state index contributed by atoms with van der Waals surface area (Å²) in [6.45, 7) is 0.345. The molecule has 2 aromatic carbocycles. The maximum atomic E-state index is 12.1. The second-order valence-electron chi connectivity index (χ2n) is 6.15. The predicted octanol–water partition coefficient (Wildman–Crippen LogP) is 2.80. The van der Waals surface area contributed by atoms with E-state index in [4.69, 9.17) is 4.74 Å². The maximum Gasteiger partial charge on any atom is 0.306 e. The molecule has 0 spiro atoms. The van der Waals surface area contributed by atoms with Gasteiger partial charge in [-0.3, -0.25) is 9.59 Å². The largest absolute Gasteiger partial charge is 0.465 e. The van der Waals surface area contributed by atoms with Gasteiger partial charge >= 0.3 is 5.97 Å². The highest BCUT2D eigenvalue weighted by molar-refractivity contribution is 5.95. The molecule has 1 fully saturated rings. The molecule has 120 valence electrons. The Morgan fingerprint density at radius 1 is 1.22 bits per heavy atom. The Kier molecular flexibility index (Phi) is 4.19. The topological polar surface area (TPSA) is 58.6 Å². The third-order valence-electron chi connectivity index (χ3n) is 4.03. The number of rotatable bonds is 4. The quantitative estimate of drug-likeness (QED) is 0.882. The summed E-state index contributed by atoms with van der Waals surface area (Å²) in [5.74, 6) is -0.312. The average Bonchev–Trinajstić information content (AvgIpc) is 2.91. The van der Waals surface area contributed by atoms with E-state index in [9.17, 15) is 9.59 Å². The van der Waals surface area contributed by atoms with Crippen molar-refractivity contribution in [2.24, 2.45) is 5.92 Å². The summed E-state index contributed by atoms with van der Waals surface area (Å²) in [6, 6.07) is 12.1. The first-order valence-corrected chi connectivity index (χ1v) is 7.68. The Hall–Kier alpha value is -2.56. The normalized spacial score (nSPS) is 17.1. The van der Waals surface area contributed by atoms with E-state index in [-0.39, 0.29) is 17.8 Å². The number of anilines is 2. The standard InChI is InChI=1S/C18H20N2O3/c1-20(2)16-6-4-13-9-15(5-3-14(13)10-16)19-17(21)7-12-8-18(22)23-11-12/h3-6,9-10,12H,7-8,11H2,1-2H3,(H,19,21)/t12-/m0/s1. The Labute approximate surface area is 135 Å². The van der Waals surface area contributed by atoms with Crippen LogP contribution < -0.4 is 10.2 Å². The number of esters is 1. The number of nitrogens with zero attached hydrogens (tertiary/aromatic N) is 1. The first-order valence-electron chi connectivity index (χ1n) is 7.68. The van der Waals surface area contributed by atoms with Crippen LogP contribution in [0, 0.1) is 5.92 Å². The molecule has 5 nitrogen and oxygen atoms in total. The summed E-state index contributed by atoms with van der Waals surface area (Å²) in [7, 11) is 4.01. The van der Waals surface area contributed by atoms with E-state index >= 15 is 0 Å². The predicted molar refractivity (Wildman–Crippen MR) is 90.6 cm³/mol. The zero-order valence-corrected chi connectivity index (χ0v) is 13.3. The first-order chi connectivity index (χ1) is 11.0. The van der Waals surface area contributed by atoms with Crippen molar-refractivity contribution in [2.45, 2.75) is 12.8 Å². The van der Waals surface area contributed by atoms with Gasteiger partial charge in [0.25, 0.3) is 0 Å². The van der Waals surface area contributed by atoms with Crippen LogP contribution in [-0.2, 0) is 14.3 Å². The summed E-state index contributed by atoms with van der Waals surface area (Å²) in [5, 5.41) is 5.10. The van der Waals surface area contributed by atoms with Gasteiger partial charge in [0, 0.05) is 37.8 Å². The van der Waals surface area contributed by atoms with Crippen molar-refractivity contribution < 1.29 is 14.3 Å². The van der Waals surface area contributed by atoms with Crippen molar-refractivity contribution in [1.82, 2.24) is 0 Å². The molecule has 1 heterocycles. The van der Waals surface area contributed by atoms with E-state index in [0.29, 0.717) is 19.4 Å². The number of ether oxygens (including phenoxy) is 1. The van der Waals surface area contributed by atoms with Gasteiger partial charge in [0.15, 0.2) is 0 Å². The fourth-order valence-corrected chi connectivity index (χ4v) is 2.76. The molecule has 3 rings (SSSR count). The van der Waals surface area contributed by atoms with E-state index in [1.807, 2.05) is 38.4 Å². The van der Waals surface area contributed by atoms with Crippen LogP contribution in [0.5, 0.6) is 0 Å². The number of nitrogens with one attached hydrogen (secondary N) is 1. The third kappa shape index (κ3) is 3.62. The molecule has 23 heavy (non-hydrogen) atoms. The van der Waals surface area contributed by atoms with Gasteiger partial charge in [-0.15, -0.1) is 0 Å². The number of carbonyl (C=O) groups is 2. The maximum absolute atomic E-state index is 12.1. The third-order valence-corrected chi connectivity index (χ3v) is 4.03. The lowest BCUT2D eigenvalue weighted by Gasteiger charge is -2.13. The minimum Gasteiger partial charge on any atom is -0.465 e. The molecule has 1 saturated heterocycles. The van der Waals surface area contributed by atoms with Gasteiger partial charge in [-0.05, 0) is 35.0 Å². The average molecular weight is 312 g/mol. The lowest BCUT2D eigenvalue weighted by atomic mass is 10.0. The Bertz CT molecular complexity index is 755. The highest BCUT2D eigenvalue weighted by atomic mass is 16.5. The van der Waals surface area contributed by atoms with Crippen LogP contribution in [0.15, 0.2) is 36.4 Å². The monoisotopic (exact) mass is 312 g/mol. The van der Waals surface area contributed by atoms with E-state index in [1.54, 1.807) is 0 Å². The molecule has 0 unspecified atom stereocenters. The van der Waals surface area contributed by atoms with Gasteiger partial charge in [0.05, 0.1) is 13.0 Å². The molecular formula is C18H20N2O3. The molecule has 1 aliphatic heterocycles. The van der Waals surface area contributed by atoms with Crippen molar-refractivity contribution in [3.63, 3.8) is 0 Å². The molecule has 1 atom stereocenters. The number of hydrogen-bond donors (Lipinski definition) is 1. The van der Waals surface area contributed by atoms with Gasteiger partial charge in [0.1, 0.15) is 0 Å². The molecule has 0 aliphatic carbocycles. The molecule has 0 radical (unpaired) electrons. The van der Waals surface area contributed by atoms with Gasteiger partial charge in [0.2, 0.25) is 5.91 Å². The van der Waals surface area contributed by atoms with E-state index < -0.39 is 0 Å². The van der Waals surface area contributed by atoms with E-state index in [1.165, 1.54) is 0 Å². The Morgan fingerprint density at radius 2 is 1.96 bits per heavy atom. The summed E-state index contributed by atoms with van der Waals surface area (Å²) in [5.41, 5.74) is 1.91. The van der Waals surface area contributed by atoms with E-state index in [0.717, 1.165) is 22.1 Å². The molecule has 1 aliphatic rings. The summed E-state index contributed by atoms with van der Waals surface area (Å²) < 4.78 is 4.88. The minimum absolute atomic E-state index is 0.00870. The van der Waals surface area contributed by atoms with Crippen LogP contribution in [0.3, 0.4) is 0 Å². The van der Waals surface area contributed by atoms with Crippen molar-refractivity contribution in [3.05, 3.63) is 36.4 Å². The zero-order valence-electron chi connectivity index (χ0n) is 13.3. The fraction of sp³-hybridized carbons (Fsp3) is 0.333. The highest BCUT2D eigenvalue weighted by Gasteiger charge is 2.25. The van der Waals surface area contributed by atoms with Crippen LogP contribution in [0.4, 0.5) is 11.4 Å². The zero-order chi connectivity index (χ0) is 16.4. The summed E-state index contributed by atoms with van der Waals surface area (Å²) in [6.07, 6.45) is 0.641. The second-order valence-corrected chi connectivity index (χ2v) is 6.15. The minimum atomic E-state index is -0.217. The van der Waals surface area contributed by atoms with Crippen LogP contribution in [0.1, 0.15) is 12.8 Å². The number of amides is 1. The lowest BCUT2D eigenvalue weighted by Crippen LogP contribution is -2.16. The molecule has 0 aromatic heterocycles. The number of carbonyl (C=O) groups excluding carboxylic acids is 2. The van der Waals surface area contributed by atoms with Crippen molar-refractivity contribution in [3.8, 4) is 0 Å². The molecule has 0 bridgehead atoms. The smallest absolute Gasteiger partial charge is 0.306 e. The fourth-order valence-electron chi connectivity index (χ4n) is 2.76. The van der Waals surface area contributed by atoms with Crippen molar-refractivity contribution in [1.29, 1.82) is 0 Å².